The molecule has 0 atom stereocenters. The van der Waals surface area contributed by atoms with Crippen molar-refractivity contribution in [1.29, 1.82) is 0 Å². The molecule has 26 heavy (non-hydrogen) atoms. The number of carbonyl (C=O) groups excluding carboxylic acids is 1. The first kappa shape index (κ1) is 17.9. The summed E-state index contributed by atoms with van der Waals surface area (Å²) in [5, 5.41) is 4.00. The number of rotatable bonds is 7. The van der Waals surface area contributed by atoms with Crippen LogP contribution in [0.5, 0.6) is 5.75 Å². The lowest BCUT2D eigenvalue weighted by Crippen LogP contribution is -2.23. The van der Waals surface area contributed by atoms with Gasteiger partial charge in [0, 0.05) is 10.9 Å². The third-order valence-electron chi connectivity index (χ3n) is 4.14. The highest BCUT2D eigenvalue weighted by molar-refractivity contribution is 5.94. The summed E-state index contributed by atoms with van der Waals surface area (Å²) >= 11 is 0. The number of hydrogen-bond acceptors (Lipinski definition) is 4. The van der Waals surface area contributed by atoms with Gasteiger partial charge in [0.1, 0.15) is 5.75 Å². The molecule has 2 aromatic carbocycles. The van der Waals surface area contributed by atoms with E-state index in [0.717, 1.165) is 34.3 Å². The van der Waals surface area contributed by atoms with E-state index in [-0.39, 0.29) is 5.91 Å². The van der Waals surface area contributed by atoms with Gasteiger partial charge >= 0.3 is 0 Å². The van der Waals surface area contributed by atoms with E-state index in [4.69, 9.17) is 10.5 Å². The number of para-hydroxylation sites is 1. The largest absolute Gasteiger partial charge is 0.493 e. The molecule has 0 spiro atoms. The number of pyridine rings is 1. The number of nitrogens with one attached hydrogen (secondary N) is 1. The molecular formula is C21H23N3O2. The van der Waals surface area contributed by atoms with E-state index in [9.17, 15) is 4.79 Å². The van der Waals surface area contributed by atoms with Gasteiger partial charge in [-0.1, -0.05) is 30.3 Å². The molecule has 0 fully saturated rings. The number of hydrogen-bond donors (Lipinski definition) is 2. The van der Waals surface area contributed by atoms with Crippen LogP contribution >= 0.6 is 0 Å². The highest BCUT2D eigenvalue weighted by Crippen LogP contribution is 2.20. The highest BCUT2D eigenvalue weighted by atomic mass is 16.5. The normalized spacial score (nSPS) is 10.7. The van der Waals surface area contributed by atoms with Gasteiger partial charge in [0.05, 0.1) is 24.4 Å². The topological polar surface area (TPSA) is 77.2 Å². The van der Waals surface area contributed by atoms with Crippen molar-refractivity contribution in [3.8, 4) is 5.75 Å². The van der Waals surface area contributed by atoms with Crippen molar-refractivity contribution in [2.45, 2.75) is 19.9 Å². The number of aryl methyl sites for hydroxylation is 1. The van der Waals surface area contributed by atoms with Gasteiger partial charge in [-0.05, 0) is 49.7 Å². The summed E-state index contributed by atoms with van der Waals surface area (Å²) in [6, 6.07) is 17.3. The van der Waals surface area contributed by atoms with Crippen LogP contribution in [0.25, 0.3) is 10.9 Å². The number of nitrogens with two attached hydrogens (primary N) is 1. The minimum absolute atomic E-state index is 0.149. The molecule has 0 bridgehead atoms. The Labute approximate surface area is 153 Å². The molecule has 134 valence electrons. The second kappa shape index (κ2) is 8.45. The van der Waals surface area contributed by atoms with Gasteiger partial charge in [-0.2, -0.15) is 0 Å². The number of nitrogens with zero attached hydrogens (tertiary/aromatic N) is 1. The first-order valence-electron chi connectivity index (χ1n) is 8.74. The molecule has 0 unspecified atom stereocenters. The van der Waals surface area contributed by atoms with Gasteiger partial charge in [0.25, 0.3) is 5.91 Å². The maximum absolute atomic E-state index is 12.5. The fourth-order valence-corrected chi connectivity index (χ4v) is 2.64. The Bertz CT molecular complexity index is 909. The predicted molar refractivity (Wildman–Crippen MR) is 103 cm³/mol. The van der Waals surface area contributed by atoms with Crippen LogP contribution in [0.4, 0.5) is 0 Å². The Morgan fingerprint density at radius 2 is 2.00 bits per heavy atom. The molecule has 1 amide bonds. The van der Waals surface area contributed by atoms with Gasteiger partial charge in [0.15, 0.2) is 0 Å². The summed E-state index contributed by atoms with van der Waals surface area (Å²) in [5.41, 5.74) is 8.80. The van der Waals surface area contributed by atoms with Crippen LogP contribution < -0.4 is 15.8 Å². The summed E-state index contributed by atoms with van der Waals surface area (Å²) in [6.45, 7) is 3.46. The quantitative estimate of drug-likeness (QED) is 0.642. The van der Waals surface area contributed by atoms with E-state index >= 15 is 0 Å². The summed E-state index contributed by atoms with van der Waals surface area (Å²) in [6.07, 6.45) is 0.781. The second-order valence-corrected chi connectivity index (χ2v) is 6.15. The molecule has 0 aliphatic rings. The van der Waals surface area contributed by atoms with E-state index < -0.39 is 0 Å². The van der Waals surface area contributed by atoms with Crippen LogP contribution in [0.1, 0.15) is 28.0 Å². The van der Waals surface area contributed by atoms with E-state index in [2.05, 4.69) is 10.3 Å². The summed E-state index contributed by atoms with van der Waals surface area (Å²) < 4.78 is 5.71. The van der Waals surface area contributed by atoms with Crippen molar-refractivity contribution < 1.29 is 9.53 Å². The first-order valence-corrected chi connectivity index (χ1v) is 8.74. The third-order valence-corrected chi connectivity index (χ3v) is 4.14. The van der Waals surface area contributed by atoms with E-state index in [0.29, 0.717) is 25.3 Å². The molecule has 3 N–H and O–H groups in total. The van der Waals surface area contributed by atoms with Crippen molar-refractivity contribution in [3.63, 3.8) is 0 Å². The van der Waals surface area contributed by atoms with Crippen molar-refractivity contribution in [3.05, 3.63) is 71.4 Å². The minimum Gasteiger partial charge on any atom is -0.493 e. The predicted octanol–water partition coefficient (Wildman–Crippen LogP) is 3.20. The second-order valence-electron chi connectivity index (χ2n) is 6.15. The summed E-state index contributed by atoms with van der Waals surface area (Å²) in [5.74, 6) is 0.568. The lowest BCUT2D eigenvalue weighted by atomic mass is 10.1. The molecule has 3 rings (SSSR count). The number of ether oxygens (including phenoxy) is 1. The van der Waals surface area contributed by atoms with Crippen molar-refractivity contribution in [2.75, 3.05) is 13.2 Å². The molecule has 0 aliphatic carbocycles. The van der Waals surface area contributed by atoms with E-state index in [1.807, 2.05) is 49.4 Å². The molecule has 3 aromatic rings. The fourth-order valence-electron chi connectivity index (χ4n) is 2.64. The van der Waals surface area contributed by atoms with Crippen molar-refractivity contribution in [2.24, 2.45) is 5.73 Å². The van der Waals surface area contributed by atoms with Gasteiger partial charge < -0.3 is 15.8 Å². The number of carbonyl (C=O) groups is 1. The smallest absolute Gasteiger partial charge is 0.251 e. The maximum atomic E-state index is 12.5. The molecule has 0 radical (unpaired) electrons. The number of fused-ring (bicyclic) bond motifs is 1. The number of amides is 1. The fraction of sp³-hybridized carbons (Fsp3) is 0.238. The van der Waals surface area contributed by atoms with Crippen LogP contribution in [0.15, 0.2) is 54.6 Å². The van der Waals surface area contributed by atoms with Gasteiger partial charge in [-0.25, -0.2) is 0 Å². The van der Waals surface area contributed by atoms with Crippen LogP contribution in [0, 0.1) is 6.92 Å². The summed E-state index contributed by atoms with van der Waals surface area (Å²) in [7, 11) is 0. The minimum atomic E-state index is -0.149. The molecule has 5 nitrogen and oxygen atoms in total. The van der Waals surface area contributed by atoms with Crippen LogP contribution in [0.2, 0.25) is 0 Å². The Hall–Kier alpha value is -2.92. The van der Waals surface area contributed by atoms with E-state index in [1.165, 1.54) is 0 Å². The van der Waals surface area contributed by atoms with Crippen LogP contribution in [0.3, 0.4) is 0 Å². The Balaban J connectivity index is 1.66. The number of benzene rings is 2. The number of aromatic nitrogens is 1. The highest BCUT2D eigenvalue weighted by Gasteiger charge is 2.09. The van der Waals surface area contributed by atoms with Crippen molar-refractivity contribution in [1.82, 2.24) is 10.3 Å². The average molecular weight is 349 g/mol. The first-order chi connectivity index (χ1) is 12.7. The SMILES string of the molecule is Cc1ccc(C(=O)NCc2ccc3ccccc3n2)cc1OCCCN. The zero-order valence-electron chi connectivity index (χ0n) is 14.9. The lowest BCUT2D eigenvalue weighted by Gasteiger charge is -2.11. The molecule has 0 saturated carbocycles. The third kappa shape index (κ3) is 4.37. The Morgan fingerprint density at radius 1 is 1.15 bits per heavy atom. The van der Waals surface area contributed by atoms with Crippen LogP contribution in [-0.2, 0) is 6.54 Å². The lowest BCUT2D eigenvalue weighted by molar-refractivity contribution is 0.0950. The molecule has 5 heteroatoms. The van der Waals surface area contributed by atoms with Crippen molar-refractivity contribution >= 4 is 16.8 Å². The molecular weight excluding hydrogens is 326 g/mol. The summed E-state index contributed by atoms with van der Waals surface area (Å²) in [4.78, 5) is 17.0. The van der Waals surface area contributed by atoms with Crippen LogP contribution in [-0.4, -0.2) is 24.0 Å². The van der Waals surface area contributed by atoms with Gasteiger partial charge in [-0.3, -0.25) is 9.78 Å². The standard InChI is InChI=1S/C21H23N3O2/c1-15-7-8-17(13-20(15)26-12-4-11-22)21(25)23-14-18-10-9-16-5-2-3-6-19(16)24-18/h2-3,5-10,13H,4,11-12,14,22H2,1H3,(H,23,25). The molecule has 1 aromatic heterocycles. The zero-order valence-corrected chi connectivity index (χ0v) is 14.9. The Kier molecular flexibility index (Phi) is 5.81. The van der Waals surface area contributed by atoms with E-state index in [1.54, 1.807) is 12.1 Å². The molecule has 0 aliphatic heterocycles. The monoisotopic (exact) mass is 349 g/mol. The van der Waals surface area contributed by atoms with Gasteiger partial charge in [-0.15, -0.1) is 0 Å². The Morgan fingerprint density at radius 3 is 2.85 bits per heavy atom. The average Bonchev–Trinajstić information content (AvgIpc) is 2.67. The maximum Gasteiger partial charge on any atom is 0.251 e. The zero-order chi connectivity index (χ0) is 18.4. The molecule has 1 heterocycles. The molecule has 0 saturated heterocycles. The van der Waals surface area contributed by atoms with Gasteiger partial charge in [0.2, 0.25) is 0 Å².